The molecular weight excluding hydrogens is 230 g/mol. The molecule has 0 bridgehead atoms. The Kier molecular flexibility index (Phi) is 5.22. The van der Waals surface area contributed by atoms with Crippen LogP contribution in [-0.4, -0.2) is 53.3 Å². The van der Waals surface area contributed by atoms with Crippen LogP contribution in [0.1, 0.15) is 0 Å². The van der Waals surface area contributed by atoms with Gasteiger partial charge in [-0.05, 0) is 0 Å². The third-order valence-electron chi connectivity index (χ3n) is 2.28. The van der Waals surface area contributed by atoms with Crippen LogP contribution in [0.5, 0.6) is 0 Å². The first kappa shape index (κ1) is 11.9. The fourth-order valence-electron chi connectivity index (χ4n) is 1.56. The summed E-state index contributed by atoms with van der Waals surface area (Å²) in [5.41, 5.74) is 0. The molecule has 0 radical (unpaired) electrons. The third kappa shape index (κ3) is 3.18. The lowest BCUT2D eigenvalue weighted by molar-refractivity contribution is 0.0256. The van der Waals surface area contributed by atoms with Gasteiger partial charge in [0.15, 0.2) is 0 Å². The maximum Gasteiger partial charge on any atom is 0.134 e. The molecule has 0 amide bonds. The second kappa shape index (κ2) is 5.68. The second-order valence-corrected chi connectivity index (χ2v) is 6.39. The van der Waals surface area contributed by atoms with Gasteiger partial charge in [-0.1, -0.05) is 0 Å². The molecule has 0 aromatic carbocycles. The summed E-state index contributed by atoms with van der Waals surface area (Å²) in [7, 11) is 0.968. The highest BCUT2D eigenvalue weighted by Gasteiger charge is 2.33. The molecule has 2 rings (SSSR count). The van der Waals surface area contributed by atoms with Crippen molar-refractivity contribution in [2.45, 2.75) is 6.04 Å². The number of rotatable bonds is 1. The molecule has 13 heavy (non-hydrogen) atoms. The Morgan fingerprint density at radius 2 is 2.08 bits per heavy atom. The van der Waals surface area contributed by atoms with E-state index in [1.807, 2.05) is 0 Å². The summed E-state index contributed by atoms with van der Waals surface area (Å²) in [5.74, 6) is 1.89. The highest BCUT2D eigenvalue weighted by molar-refractivity contribution is 8.72. The molecular formula is C7H14ClNO2S2. The molecule has 0 aromatic heterocycles. The van der Waals surface area contributed by atoms with Gasteiger partial charge in [0.2, 0.25) is 0 Å². The van der Waals surface area contributed by atoms with Gasteiger partial charge in [0.25, 0.3) is 0 Å². The number of hydrogen-bond donors (Lipinski definition) is 0. The number of nitrogens with zero attached hydrogens (tertiary/aromatic N) is 1. The van der Waals surface area contributed by atoms with Crippen LogP contribution in [0.4, 0.5) is 0 Å². The monoisotopic (exact) mass is 243 g/mol. The predicted octanol–water partition coefficient (Wildman–Crippen LogP) is 0.520. The van der Waals surface area contributed by atoms with E-state index in [2.05, 4.69) is 4.90 Å². The Hall–Kier alpha value is 0.870. The standard InChI is InChI=1S/C7H13NO2S2.ClH/c9-12-6-7(5-11-12)8-1-3-10-4-2-8;/h7H,1-6H2;1H. The van der Waals surface area contributed by atoms with Crippen molar-refractivity contribution in [3.05, 3.63) is 0 Å². The lowest BCUT2D eigenvalue weighted by atomic mass is 10.3. The first-order valence-electron chi connectivity index (χ1n) is 4.20. The molecule has 0 aliphatic carbocycles. The lowest BCUT2D eigenvalue weighted by Gasteiger charge is -2.29. The average Bonchev–Trinajstić information content (AvgIpc) is 2.54. The van der Waals surface area contributed by atoms with E-state index in [1.165, 1.54) is 0 Å². The normalized spacial score (nSPS) is 35.8. The smallest absolute Gasteiger partial charge is 0.134 e. The molecule has 2 aliphatic heterocycles. The molecule has 3 nitrogen and oxygen atoms in total. The van der Waals surface area contributed by atoms with E-state index < -0.39 is 10.2 Å². The van der Waals surface area contributed by atoms with Crippen molar-refractivity contribution in [2.24, 2.45) is 0 Å². The fraction of sp³-hybridized carbons (Fsp3) is 1.00. The van der Waals surface area contributed by atoms with Crippen LogP contribution in [0.3, 0.4) is 0 Å². The van der Waals surface area contributed by atoms with Gasteiger partial charge in [0.05, 0.1) is 35.8 Å². The third-order valence-corrected chi connectivity index (χ3v) is 5.33. The van der Waals surface area contributed by atoms with Gasteiger partial charge in [-0.25, -0.2) is 0 Å². The SMILES string of the molecule is Cl.[O-][S+]1CC(N2CCOCC2)CS1. The van der Waals surface area contributed by atoms with Crippen molar-refractivity contribution < 1.29 is 9.29 Å². The average molecular weight is 244 g/mol. The van der Waals surface area contributed by atoms with Crippen LogP contribution in [0.15, 0.2) is 0 Å². The maximum atomic E-state index is 11.1. The second-order valence-electron chi connectivity index (χ2n) is 3.06. The van der Waals surface area contributed by atoms with Gasteiger partial charge in [0, 0.05) is 23.3 Å². The molecule has 6 heteroatoms. The Balaban J connectivity index is 0.000000845. The van der Waals surface area contributed by atoms with Crippen molar-refractivity contribution in [3.63, 3.8) is 0 Å². The molecule has 2 aliphatic rings. The van der Waals surface area contributed by atoms with Crippen LogP contribution in [0, 0.1) is 0 Å². The Morgan fingerprint density at radius 3 is 2.62 bits per heavy atom. The van der Waals surface area contributed by atoms with Crippen LogP contribution >= 0.6 is 23.2 Å². The van der Waals surface area contributed by atoms with E-state index in [9.17, 15) is 4.55 Å². The van der Waals surface area contributed by atoms with E-state index in [-0.39, 0.29) is 12.4 Å². The zero-order valence-corrected chi connectivity index (χ0v) is 9.76. The largest absolute Gasteiger partial charge is 0.605 e. The topological polar surface area (TPSA) is 35.5 Å². The molecule has 0 spiro atoms. The highest BCUT2D eigenvalue weighted by atomic mass is 35.5. The minimum absolute atomic E-state index is 0. The summed E-state index contributed by atoms with van der Waals surface area (Å²) in [5, 5.41) is 0. The fourth-order valence-corrected chi connectivity index (χ4v) is 4.77. The summed E-state index contributed by atoms with van der Waals surface area (Å²) in [6.45, 7) is 3.71. The molecule has 2 heterocycles. The van der Waals surface area contributed by atoms with Crippen LogP contribution in [-0.2, 0) is 14.9 Å². The van der Waals surface area contributed by atoms with E-state index in [1.54, 1.807) is 10.8 Å². The van der Waals surface area contributed by atoms with Crippen molar-refractivity contribution in [1.82, 2.24) is 4.90 Å². The quantitative estimate of drug-likeness (QED) is 0.497. The summed E-state index contributed by atoms with van der Waals surface area (Å²) in [6, 6.07) is 0.541. The molecule has 0 N–H and O–H groups in total. The van der Waals surface area contributed by atoms with Gasteiger partial charge in [-0.3, -0.25) is 4.90 Å². The molecule has 0 saturated carbocycles. The van der Waals surface area contributed by atoms with E-state index in [0.717, 1.165) is 37.8 Å². The van der Waals surface area contributed by atoms with Crippen LogP contribution < -0.4 is 0 Å². The zero-order chi connectivity index (χ0) is 8.39. The maximum absolute atomic E-state index is 11.1. The number of hydrogen-bond acceptors (Lipinski definition) is 4. The minimum atomic E-state index is -0.620. The van der Waals surface area contributed by atoms with E-state index in [0.29, 0.717) is 6.04 Å². The summed E-state index contributed by atoms with van der Waals surface area (Å²) in [4.78, 5) is 2.40. The van der Waals surface area contributed by atoms with E-state index >= 15 is 0 Å². The molecule has 78 valence electrons. The van der Waals surface area contributed by atoms with Crippen molar-refractivity contribution in [2.75, 3.05) is 37.8 Å². The molecule has 0 aromatic rings. The number of morpholine rings is 1. The Bertz CT molecular complexity index is 155. The highest BCUT2D eigenvalue weighted by Crippen LogP contribution is 2.27. The van der Waals surface area contributed by atoms with Gasteiger partial charge in [-0.15, -0.1) is 12.4 Å². The summed E-state index contributed by atoms with van der Waals surface area (Å²) < 4.78 is 16.4. The molecule has 2 unspecified atom stereocenters. The first-order valence-corrected chi connectivity index (χ1v) is 7.02. The number of halogens is 1. The lowest BCUT2D eigenvalue weighted by Crippen LogP contribution is -2.45. The Morgan fingerprint density at radius 1 is 1.38 bits per heavy atom. The van der Waals surface area contributed by atoms with Crippen LogP contribution in [0.2, 0.25) is 0 Å². The summed E-state index contributed by atoms with van der Waals surface area (Å²) in [6.07, 6.45) is 0. The predicted molar refractivity (Wildman–Crippen MR) is 58.9 cm³/mol. The van der Waals surface area contributed by atoms with Gasteiger partial charge in [-0.2, -0.15) is 0 Å². The number of ether oxygens (including phenoxy) is 1. The van der Waals surface area contributed by atoms with E-state index in [4.69, 9.17) is 4.74 Å². The molecule has 2 saturated heterocycles. The van der Waals surface area contributed by atoms with Crippen molar-refractivity contribution >= 4 is 33.4 Å². The van der Waals surface area contributed by atoms with Crippen molar-refractivity contribution in [3.8, 4) is 0 Å². The first-order chi connectivity index (χ1) is 5.86. The molecule has 2 fully saturated rings. The van der Waals surface area contributed by atoms with Gasteiger partial charge in [0.1, 0.15) is 5.75 Å². The minimum Gasteiger partial charge on any atom is -0.605 e. The summed E-state index contributed by atoms with van der Waals surface area (Å²) >= 11 is 0. The van der Waals surface area contributed by atoms with Crippen molar-refractivity contribution in [1.29, 1.82) is 0 Å². The molecule has 2 atom stereocenters. The van der Waals surface area contributed by atoms with Crippen LogP contribution in [0.25, 0.3) is 0 Å². The van der Waals surface area contributed by atoms with Gasteiger partial charge >= 0.3 is 0 Å². The zero-order valence-electron chi connectivity index (χ0n) is 7.31. The Labute approximate surface area is 91.6 Å². The van der Waals surface area contributed by atoms with Gasteiger partial charge < -0.3 is 9.29 Å².